The number of carbonyl (C=O) groups is 1. The predicted molar refractivity (Wildman–Crippen MR) is 132 cm³/mol. The molecule has 1 fully saturated rings. The van der Waals surface area contributed by atoms with Crippen LogP contribution in [0.25, 0.3) is 11.2 Å². The van der Waals surface area contributed by atoms with Crippen LogP contribution < -0.4 is 0 Å². The first kappa shape index (κ1) is 23.3. The zero-order valence-corrected chi connectivity index (χ0v) is 21.7. The quantitative estimate of drug-likeness (QED) is 0.359. The predicted octanol–water partition coefficient (Wildman–Crippen LogP) is 4.57. The molecule has 182 valence electrons. The van der Waals surface area contributed by atoms with Gasteiger partial charge >= 0.3 is 0 Å². The average Bonchev–Trinajstić information content (AvgIpc) is 3.40. The molecule has 0 bridgehead atoms. The smallest absolute Gasteiger partial charge is 0.192 e. The second-order valence-electron chi connectivity index (χ2n) is 10.2. The first-order valence-electron chi connectivity index (χ1n) is 12.2. The second kappa shape index (κ2) is 9.29. The van der Waals surface area contributed by atoms with Crippen molar-refractivity contribution in [1.29, 1.82) is 0 Å². The highest BCUT2D eigenvalue weighted by atomic mass is 28.4. The van der Waals surface area contributed by atoms with Gasteiger partial charge in [-0.05, 0) is 25.0 Å². The Balaban J connectivity index is 1.70. The maximum Gasteiger partial charge on any atom is 0.192 e. The molecule has 34 heavy (non-hydrogen) atoms. The minimum Gasteiger partial charge on any atom is -0.407 e. The van der Waals surface area contributed by atoms with Crippen LogP contribution in [0, 0.1) is 0 Å². The van der Waals surface area contributed by atoms with E-state index in [0.717, 1.165) is 0 Å². The van der Waals surface area contributed by atoms with Gasteiger partial charge < -0.3 is 13.9 Å². The SMILES string of the molecule is [2H]C[C@H]1O[C@@H](n2cnc3c(CC(=O)c4ccccc4)ncnc32)[C@H](O[Si](C)(C)C(C)(C)C)[C@@H]1OC. The molecule has 3 heterocycles. The summed E-state index contributed by atoms with van der Waals surface area (Å²) < 4.78 is 28.7. The van der Waals surface area contributed by atoms with Gasteiger partial charge in [-0.3, -0.25) is 9.36 Å². The van der Waals surface area contributed by atoms with Crippen LogP contribution in [-0.4, -0.2) is 59.0 Å². The van der Waals surface area contributed by atoms with Gasteiger partial charge in [0.2, 0.25) is 0 Å². The molecule has 0 unspecified atom stereocenters. The Labute approximate surface area is 203 Å². The largest absolute Gasteiger partial charge is 0.407 e. The molecule has 0 amide bonds. The third kappa shape index (κ3) is 4.57. The molecular formula is C25H34N4O4Si. The summed E-state index contributed by atoms with van der Waals surface area (Å²) in [6, 6.07) is 9.14. The van der Waals surface area contributed by atoms with Gasteiger partial charge in [-0.1, -0.05) is 51.1 Å². The number of rotatable bonds is 7. The van der Waals surface area contributed by atoms with Crippen molar-refractivity contribution in [2.24, 2.45) is 0 Å². The van der Waals surface area contributed by atoms with Crippen molar-refractivity contribution in [2.45, 2.75) is 76.8 Å². The van der Waals surface area contributed by atoms with Gasteiger partial charge in [-0.2, -0.15) is 0 Å². The summed E-state index contributed by atoms with van der Waals surface area (Å²) in [5.41, 5.74) is 2.30. The second-order valence-corrected chi connectivity index (χ2v) is 15.0. The Morgan fingerprint density at radius 2 is 1.91 bits per heavy atom. The van der Waals surface area contributed by atoms with Gasteiger partial charge in [-0.25, -0.2) is 15.0 Å². The summed E-state index contributed by atoms with van der Waals surface area (Å²) in [7, 11) is -0.567. The molecule has 1 aliphatic heterocycles. The van der Waals surface area contributed by atoms with Gasteiger partial charge in [-0.15, -0.1) is 0 Å². The lowest BCUT2D eigenvalue weighted by Gasteiger charge is -2.40. The summed E-state index contributed by atoms with van der Waals surface area (Å²) in [6.45, 7) is 11.0. The molecule has 0 saturated carbocycles. The van der Waals surface area contributed by atoms with E-state index in [0.29, 0.717) is 22.4 Å². The molecule has 4 rings (SSSR count). The number of ketones is 1. The molecule has 1 aliphatic rings. The number of aromatic nitrogens is 4. The van der Waals surface area contributed by atoms with Crippen molar-refractivity contribution in [3.63, 3.8) is 0 Å². The Kier molecular flexibility index (Phi) is 6.37. The summed E-state index contributed by atoms with van der Waals surface area (Å²) >= 11 is 0. The summed E-state index contributed by atoms with van der Waals surface area (Å²) in [6.07, 6.45) is 1.37. The molecule has 0 spiro atoms. The molecule has 1 aromatic carbocycles. The molecule has 2 aromatic heterocycles. The molecule has 1 saturated heterocycles. The van der Waals surface area contributed by atoms with Gasteiger partial charge in [0.1, 0.15) is 24.1 Å². The maximum atomic E-state index is 12.8. The van der Waals surface area contributed by atoms with Crippen molar-refractivity contribution in [2.75, 3.05) is 7.11 Å². The van der Waals surface area contributed by atoms with Crippen molar-refractivity contribution in [3.8, 4) is 0 Å². The Bertz CT molecular complexity index is 1180. The fourth-order valence-corrected chi connectivity index (χ4v) is 5.24. The van der Waals surface area contributed by atoms with Crippen LogP contribution in [0.3, 0.4) is 0 Å². The first-order valence-corrected chi connectivity index (χ1v) is 14.4. The van der Waals surface area contributed by atoms with Crippen molar-refractivity contribution < 1.29 is 20.1 Å². The van der Waals surface area contributed by atoms with Crippen molar-refractivity contribution in [3.05, 3.63) is 54.2 Å². The topological polar surface area (TPSA) is 88.4 Å². The van der Waals surface area contributed by atoms with E-state index in [1.165, 1.54) is 6.33 Å². The van der Waals surface area contributed by atoms with E-state index in [1.54, 1.807) is 25.6 Å². The number of carbonyl (C=O) groups excluding carboxylic acids is 1. The van der Waals surface area contributed by atoms with Gasteiger partial charge in [0, 0.05) is 14.0 Å². The minimum absolute atomic E-state index is 0.0148. The highest BCUT2D eigenvalue weighted by Crippen LogP contribution is 2.42. The summed E-state index contributed by atoms with van der Waals surface area (Å²) in [5.74, 6) is -0.0369. The van der Waals surface area contributed by atoms with E-state index >= 15 is 0 Å². The van der Waals surface area contributed by atoms with Crippen LogP contribution in [-0.2, 0) is 20.3 Å². The number of hydrogen-bond donors (Lipinski definition) is 0. The van der Waals surface area contributed by atoms with E-state index in [2.05, 4.69) is 48.8 Å². The van der Waals surface area contributed by atoms with E-state index in [9.17, 15) is 4.79 Å². The number of benzene rings is 1. The van der Waals surface area contributed by atoms with Gasteiger partial charge in [0.05, 0.1) is 24.5 Å². The van der Waals surface area contributed by atoms with E-state index in [4.69, 9.17) is 15.3 Å². The normalized spacial score (nSPS) is 23.9. The number of Topliss-reactive ketones (excluding diaryl/α,β-unsaturated/α-hetero) is 1. The molecule has 0 aliphatic carbocycles. The molecule has 3 aromatic rings. The van der Waals surface area contributed by atoms with Gasteiger partial charge in [0.15, 0.2) is 26.0 Å². The number of nitrogens with zero attached hydrogens (tertiary/aromatic N) is 4. The lowest BCUT2D eigenvalue weighted by Crippen LogP contribution is -2.48. The number of methoxy groups -OCH3 is 1. The Hall–Kier alpha value is -2.46. The number of fused-ring (bicyclic) bond motifs is 1. The van der Waals surface area contributed by atoms with Crippen molar-refractivity contribution in [1.82, 2.24) is 19.5 Å². The average molecular weight is 484 g/mol. The zero-order chi connectivity index (χ0) is 25.4. The maximum absolute atomic E-state index is 12.8. The van der Waals surface area contributed by atoms with Crippen LogP contribution in [0.5, 0.6) is 0 Å². The molecule has 8 nitrogen and oxygen atoms in total. The third-order valence-corrected chi connectivity index (χ3v) is 11.4. The third-order valence-electron chi connectivity index (χ3n) is 6.93. The summed E-state index contributed by atoms with van der Waals surface area (Å²) in [5, 5.41) is -0.0148. The lowest BCUT2D eigenvalue weighted by molar-refractivity contribution is -0.0260. The number of ether oxygens (including phenoxy) is 2. The lowest BCUT2D eigenvalue weighted by atomic mass is 10.1. The molecule has 0 radical (unpaired) electrons. The minimum atomic E-state index is -2.19. The number of imidazole rings is 1. The molecule has 0 N–H and O–H groups in total. The van der Waals surface area contributed by atoms with E-state index < -0.39 is 32.9 Å². The zero-order valence-electron chi connectivity index (χ0n) is 21.7. The molecule has 9 heteroatoms. The van der Waals surface area contributed by atoms with Crippen LogP contribution in [0.15, 0.2) is 43.0 Å². The molecule has 4 atom stereocenters. The van der Waals surface area contributed by atoms with Crippen molar-refractivity contribution >= 4 is 25.3 Å². The van der Waals surface area contributed by atoms with Crippen LogP contribution in [0.2, 0.25) is 18.1 Å². The van der Waals surface area contributed by atoms with Crippen LogP contribution in [0.4, 0.5) is 0 Å². The standard InChI is InChI=1S/C25H34N4O4Si/c1-16-21(31-5)22(33-34(6,7)25(2,3)4)24(32-16)29-15-28-20-18(26-14-27-23(20)29)13-19(30)17-11-9-8-10-12-17/h8-12,14-16,21-22,24H,13H2,1-7H3/t16-,21-,22-,24-/m1/s1/i1D. The van der Waals surface area contributed by atoms with Crippen LogP contribution in [0.1, 0.15) is 51.3 Å². The Morgan fingerprint density at radius 1 is 1.18 bits per heavy atom. The monoisotopic (exact) mass is 483 g/mol. The van der Waals surface area contributed by atoms with Gasteiger partial charge in [0.25, 0.3) is 0 Å². The van der Waals surface area contributed by atoms with E-state index in [1.807, 2.05) is 22.8 Å². The first-order chi connectivity index (χ1) is 16.6. The number of hydrogen-bond acceptors (Lipinski definition) is 7. The Morgan fingerprint density at radius 3 is 2.56 bits per heavy atom. The fourth-order valence-electron chi connectivity index (χ4n) is 3.95. The summed E-state index contributed by atoms with van der Waals surface area (Å²) in [4.78, 5) is 26.2. The highest BCUT2D eigenvalue weighted by Gasteiger charge is 2.50. The van der Waals surface area contributed by atoms with Crippen LogP contribution >= 0.6 is 0 Å². The fraction of sp³-hybridized carbons (Fsp3) is 0.520. The van der Waals surface area contributed by atoms with E-state index in [-0.39, 0.29) is 24.1 Å². The highest BCUT2D eigenvalue weighted by molar-refractivity contribution is 6.74. The molecular weight excluding hydrogens is 448 g/mol.